The van der Waals surface area contributed by atoms with E-state index in [2.05, 4.69) is 5.32 Å². The van der Waals surface area contributed by atoms with Gasteiger partial charge in [-0.25, -0.2) is 13.2 Å². The molecule has 1 fully saturated rings. The van der Waals surface area contributed by atoms with E-state index in [9.17, 15) is 32.7 Å². The summed E-state index contributed by atoms with van der Waals surface area (Å²) < 4.78 is 42.2. The highest BCUT2D eigenvalue weighted by Crippen LogP contribution is 2.38. The molecule has 31 heavy (non-hydrogen) atoms. The van der Waals surface area contributed by atoms with Crippen molar-refractivity contribution in [3.8, 4) is 5.75 Å². The Morgan fingerprint density at radius 2 is 1.74 bits per heavy atom. The van der Waals surface area contributed by atoms with Crippen LogP contribution in [0.25, 0.3) is 0 Å². The maximum Gasteiger partial charge on any atom is 0.274 e. The second kappa shape index (κ2) is 7.75. The quantitative estimate of drug-likeness (QED) is 0.775. The number of amides is 2. The van der Waals surface area contributed by atoms with Gasteiger partial charge in [-0.2, -0.15) is 0 Å². The van der Waals surface area contributed by atoms with E-state index in [1.54, 1.807) is 7.05 Å². The van der Waals surface area contributed by atoms with E-state index in [1.165, 1.54) is 15.7 Å². The summed E-state index contributed by atoms with van der Waals surface area (Å²) in [4.78, 5) is 39.5. The van der Waals surface area contributed by atoms with Crippen LogP contribution in [-0.4, -0.2) is 39.5 Å². The molecular formula is C21H20F3N3O4. The molecule has 0 saturated heterocycles. The van der Waals surface area contributed by atoms with Gasteiger partial charge in [0.15, 0.2) is 11.4 Å². The van der Waals surface area contributed by atoms with Crippen molar-refractivity contribution in [2.75, 3.05) is 7.05 Å². The Morgan fingerprint density at radius 1 is 1.13 bits per heavy atom. The highest BCUT2D eigenvalue weighted by Gasteiger charge is 2.41. The van der Waals surface area contributed by atoms with Crippen LogP contribution in [0.3, 0.4) is 0 Å². The fourth-order valence-electron chi connectivity index (χ4n) is 4.45. The van der Waals surface area contributed by atoms with Gasteiger partial charge in [-0.1, -0.05) is 12.8 Å². The van der Waals surface area contributed by atoms with Gasteiger partial charge in [0.1, 0.15) is 23.0 Å². The van der Waals surface area contributed by atoms with Crippen molar-refractivity contribution in [2.24, 2.45) is 0 Å². The number of carbonyl (C=O) groups is 2. The highest BCUT2D eigenvalue weighted by molar-refractivity contribution is 5.99. The summed E-state index contributed by atoms with van der Waals surface area (Å²) in [7, 11) is 1.62. The summed E-state index contributed by atoms with van der Waals surface area (Å²) in [5.41, 5.74) is -2.25. The molecule has 0 bridgehead atoms. The van der Waals surface area contributed by atoms with Crippen molar-refractivity contribution >= 4 is 11.8 Å². The lowest BCUT2D eigenvalue weighted by Crippen LogP contribution is -2.51. The molecule has 2 aromatic rings. The number of rotatable bonds is 3. The second-order valence-electron chi connectivity index (χ2n) is 7.84. The molecule has 1 aromatic heterocycles. The number of fused-ring (bicyclic) bond motifs is 3. The van der Waals surface area contributed by atoms with Crippen molar-refractivity contribution < 1.29 is 27.9 Å². The SMILES string of the molecule is CN1C(=O)c2c(O)c(=O)c(C(=O)NCc3c(F)cc(F)cc3F)cn2[C@@H]2CCCC[C@H]21. The molecule has 1 saturated carbocycles. The molecular weight excluding hydrogens is 415 g/mol. The summed E-state index contributed by atoms with van der Waals surface area (Å²) in [5.74, 6) is -5.78. The first kappa shape index (κ1) is 21.0. The van der Waals surface area contributed by atoms with Crippen LogP contribution in [-0.2, 0) is 6.54 Å². The fourth-order valence-corrected chi connectivity index (χ4v) is 4.45. The summed E-state index contributed by atoms with van der Waals surface area (Å²) in [6.07, 6.45) is 4.50. The van der Waals surface area contributed by atoms with Crippen LogP contribution in [0.2, 0.25) is 0 Å². The number of benzene rings is 1. The van der Waals surface area contributed by atoms with Gasteiger partial charge in [0.2, 0.25) is 5.43 Å². The van der Waals surface area contributed by atoms with Gasteiger partial charge in [0.25, 0.3) is 11.8 Å². The van der Waals surface area contributed by atoms with Crippen LogP contribution in [0, 0.1) is 17.5 Å². The van der Waals surface area contributed by atoms with Gasteiger partial charge in [-0.05, 0) is 12.8 Å². The summed E-state index contributed by atoms with van der Waals surface area (Å²) in [6.45, 7) is -0.632. The number of nitrogens with one attached hydrogen (secondary N) is 1. The minimum atomic E-state index is -1.18. The third-order valence-corrected chi connectivity index (χ3v) is 6.06. The molecule has 2 atom stereocenters. The Bertz CT molecular complexity index is 1120. The minimum absolute atomic E-state index is 0.131. The van der Waals surface area contributed by atoms with Gasteiger partial charge in [-0.15, -0.1) is 0 Å². The number of pyridine rings is 1. The van der Waals surface area contributed by atoms with Crippen LogP contribution in [0.15, 0.2) is 23.1 Å². The number of hydrogen-bond donors (Lipinski definition) is 2. The van der Waals surface area contributed by atoms with Crippen LogP contribution in [0.1, 0.15) is 58.1 Å². The first-order chi connectivity index (χ1) is 14.7. The number of carbonyl (C=O) groups excluding carboxylic acids is 2. The van der Waals surface area contributed by atoms with Crippen molar-refractivity contribution in [2.45, 2.75) is 44.3 Å². The zero-order valence-electron chi connectivity index (χ0n) is 16.6. The van der Waals surface area contributed by atoms with Crippen LogP contribution in [0.4, 0.5) is 13.2 Å². The number of halogens is 3. The standard InChI is InChI=1S/C21H20F3N3O4/c1-26-15-4-2-3-5-16(15)27-9-12(18(28)19(29)17(27)21(26)31)20(30)25-8-11-13(23)6-10(22)7-14(11)24/h6-7,9,15-16,29H,2-5,8H2,1H3,(H,25,30)/t15-,16-/m1/s1. The zero-order valence-corrected chi connectivity index (χ0v) is 16.6. The molecule has 2 heterocycles. The number of likely N-dealkylation sites (N-methyl/N-ethyl adjacent to an activating group) is 1. The van der Waals surface area contributed by atoms with Gasteiger partial charge >= 0.3 is 0 Å². The predicted molar refractivity (Wildman–Crippen MR) is 103 cm³/mol. The lowest BCUT2D eigenvalue weighted by atomic mass is 9.86. The van der Waals surface area contributed by atoms with E-state index in [0.717, 1.165) is 19.3 Å². The van der Waals surface area contributed by atoms with Gasteiger partial charge < -0.3 is 19.9 Å². The van der Waals surface area contributed by atoms with Crippen molar-refractivity contribution in [3.05, 3.63) is 62.8 Å². The van der Waals surface area contributed by atoms with Crippen LogP contribution < -0.4 is 10.7 Å². The number of aromatic nitrogens is 1. The normalized spacial score (nSPS) is 20.3. The fraction of sp³-hybridized carbons (Fsp3) is 0.381. The maximum absolute atomic E-state index is 13.8. The minimum Gasteiger partial charge on any atom is -0.503 e. The number of aromatic hydroxyl groups is 1. The third-order valence-electron chi connectivity index (χ3n) is 6.06. The molecule has 0 unspecified atom stereocenters. The molecule has 2 aliphatic rings. The summed E-state index contributed by atoms with van der Waals surface area (Å²) in [5, 5.41) is 12.7. The van der Waals surface area contributed by atoms with E-state index in [0.29, 0.717) is 18.6 Å². The van der Waals surface area contributed by atoms with Gasteiger partial charge in [-0.3, -0.25) is 14.4 Å². The zero-order chi connectivity index (χ0) is 22.4. The smallest absolute Gasteiger partial charge is 0.274 e. The predicted octanol–water partition coefficient (Wildman–Crippen LogP) is 2.47. The molecule has 10 heteroatoms. The average Bonchev–Trinajstić information content (AvgIpc) is 2.73. The second-order valence-corrected chi connectivity index (χ2v) is 7.84. The summed E-state index contributed by atoms with van der Waals surface area (Å²) >= 11 is 0. The van der Waals surface area contributed by atoms with Crippen molar-refractivity contribution in [1.29, 1.82) is 0 Å². The number of hydrogen-bond acceptors (Lipinski definition) is 4. The number of nitrogens with zero attached hydrogens (tertiary/aromatic N) is 2. The Kier molecular flexibility index (Phi) is 5.24. The average molecular weight is 435 g/mol. The molecule has 4 rings (SSSR count). The van der Waals surface area contributed by atoms with Gasteiger partial charge in [0, 0.05) is 37.5 Å². The first-order valence-electron chi connectivity index (χ1n) is 9.87. The van der Waals surface area contributed by atoms with E-state index in [-0.39, 0.29) is 17.8 Å². The van der Waals surface area contributed by atoms with Crippen LogP contribution >= 0.6 is 0 Å². The largest absolute Gasteiger partial charge is 0.503 e. The lowest BCUT2D eigenvalue weighted by molar-refractivity contribution is 0.0507. The highest BCUT2D eigenvalue weighted by atomic mass is 19.1. The van der Waals surface area contributed by atoms with E-state index >= 15 is 0 Å². The third kappa shape index (κ3) is 3.45. The van der Waals surface area contributed by atoms with Crippen LogP contribution in [0.5, 0.6) is 5.75 Å². The Balaban J connectivity index is 1.69. The van der Waals surface area contributed by atoms with E-state index in [1.807, 2.05) is 0 Å². The Labute approximate surface area is 175 Å². The van der Waals surface area contributed by atoms with Crippen molar-refractivity contribution in [3.63, 3.8) is 0 Å². The maximum atomic E-state index is 13.8. The molecule has 1 aliphatic heterocycles. The van der Waals surface area contributed by atoms with E-state index < -0.39 is 58.1 Å². The molecule has 7 nitrogen and oxygen atoms in total. The molecule has 164 valence electrons. The topological polar surface area (TPSA) is 91.6 Å². The van der Waals surface area contributed by atoms with Crippen molar-refractivity contribution in [1.82, 2.24) is 14.8 Å². The first-order valence-corrected chi connectivity index (χ1v) is 9.87. The molecule has 0 radical (unpaired) electrons. The monoisotopic (exact) mass is 435 g/mol. The molecule has 1 aromatic carbocycles. The molecule has 1 aliphatic carbocycles. The molecule has 2 amide bonds. The molecule has 0 spiro atoms. The Hall–Kier alpha value is -3.30. The molecule has 2 N–H and O–H groups in total. The van der Waals surface area contributed by atoms with E-state index in [4.69, 9.17) is 0 Å². The van der Waals surface area contributed by atoms with Gasteiger partial charge in [0.05, 0.1) is 12.1 Å². The lowest BCUT2D eigenvalue weighted by Gasteiger charge is -2.44. The summed E-state index contributed by atoms with van der Waals surface area (Å²) in [6, 6.07) is 0.621. The Morgan fingerprint density at radius 3 is 2.39 bits per heavy atom.